The summed E-state index contributed by atoms with van der Waals surface area (Å²) in [5.41, 5.74) is 0. The lowest BCUT2D eigenvalue weighted by atomic mass is 10.0. The number of alkyl halides is 1. The fourth-order valence-electron chi connectivity index (χ4n) is 1.50. The summed E-state index contributed by atoms with van der Waals surface area (Å²) in [4.78, 5) is 0. The first-order chi connectivity index (χ1) is 5.93. The van der Waals surface area contributed by atoms with E-state index >= 15 is 0 Å². The van der Waals surface area contributed by atoms with Gasteiger partial charge in [0.2, 0.25) is 0 Å². The van der Waals surface area contributed by atoms with Gasteiger partial charge in [0.05, 0.1) is 12.7 Å². The van der Waals surface area contributed by atoms with E-state index in [1.54, 1.807) is 0 Å². The zero-order valence-corrected chi connectivity index (χ0v) is 7.47. The summed E-state index contributed by atoms with van der Waals surface area (Å²) >= 11 is 0. The van der Waals surface area contributed by atoms with Gasteiger partial charge in [-0.3, -0.25) is 0 Å². The molecule has 0 aromatic heterocycles. The van der Waals surface area contributed by atoms with E-state index in [1.165, 1.54) is 6.42 Å². The van der Waals surface area contributed by atoms with E-state index in [9.17, 15) is 4.39 Å². The lowest BCUT2D eigenvalue weighted by Crippen LogP contribution is -2.15. The van der Waals surface area contributed by atoms with Gasteiger partial charge in [0.15, 0.2) is 0 Å². The Morgan fingerprint density at radius 1 is 1.25 bits per heavy atom. The molecule has 1 nitrogen and oxygen atoms in total. The molecule has 1 rings (SSSR count). The van der Waals surface area contributed by atoms with E-state index in [-0.39, 0.29) is 13.3 Å². The normalized spacial score (nSPS) is 27.6. The Morgan fingerprint density at radius 3 is 2.92 bits per heavy atom. The lowest BCUT2D eigenvalue weighted by molar-refractivity contribution is 0.0326. The summed E-state index contributed by atoms with van der Waals surface area (Å²) in [6.07, 6.45) is 10.3. The van der Waals surface area contributed by atoms with Gasteiger partial charge in [-0.05, 0) is 32.1 Å². The molecule has 1 aliphatic rings. The molecule has 2 heteroatoms. The molecule has 1 aliphatic carbocycles. The molecule has 0 spiro atoms. The summed E-state index contributed by atoms with van der Waals surface area (Å²) in [7, 11) is 0. The van der Waals surface area contributed by atoms with Crippen molar-refractivity contribution < 1.29 is 9.13 Å². The number of hydrogen-bond acceptors (Lipinski definition) is 1. The molecule has 0 heterocycles. The zero-order valence-electron chi connectivity index (χ0n) is 7.47. The van der Waals surface area contributed by atoms with Crippen molar-refractivity contribution in [2.24, 2.45) is 0 Å². The van der Waals surface area contributed by atoms with E-state index in [4.69, 9.17) is 4.74 Å². The molecule has 70 valence electrons. The molecule has 0 saturated heterocycles. The van der Waals surface area contributed by atoms with Gasteiger partial charge in [0.1, 0.15) is 6.67 Å². The maximum atomic E-state index is 11.8. The van der Waals surface area contributed by atoms with Gasteiger partial charge in [0.25, 0.3) is 0 Å². The molecular formula is C10H17FO. The smallest absolute Gasteiger partial charge is 0.113 e. The molecule has 0 N–H and O–H groups in total. The molecule has 12 heavy (non-hydrogen) atoms. The minimum atomic E-state index is -0.355. The zero-order chi connectivity index (χ0) is 8.65. The third kappa shape index (κ3) is 3.86. The minimum Gasteiger partial charge on any atom is -0.375 e. The second-order valence-electron chi connectivity index (χ2n) is 3.16. The van der Waals surface area contributed by atoms with Crippen molar-refractivity contribution in [3.8, 4) is 0 Å². The summed E-state index contributed by atoms with van der Waals surface area (Å²) in [6.45, 7) is -0.0826. The number of allylic oxidation sites excluding steroid dienone is 2. The minimum absolute atomic E-state index is 0.272. The van der Waals surface area contributed by atoms with Gasteiger partial charge in [-0.15, -0.1) is 0 Å². The van der Waals surface area contributed by atoms with E-state index in [0.717, 1.165) is 25.7 Å². The maximum Gasteiger partial charge on any atom is 0.113 e. The van der Waals surface area contributed by atoms with E-state index in [1.807, 2.05) is 0 Å². The summed E-state index contributed by atoms with van der Waals surface area (Å²) in [5, 5.41) is 0. The predicted octanol–water partition coefficient (Wildman–Crippen LogP) is 2.86. The Labute approximate surface area is 73.6 Å². The highest BCUT2D eigenvalue weighted by Crippen LogP contribution is 2.15. The van der Waals surface area contributed by atoms with Crippen LogP contribution in [0.5, 0.6) is 0 Å². The quantitative estimate of drug-likeness (QED) is 0.595. The van der Waals surface area contributed by atoms with Gasteiger partial charge >= 0.3 is 0 Å². The molecule has 0 unspecified atom stereocenters. The second kappa shape index (κ2) is 6.18. The summed E-state index contributed by atoms with van der Waals surface area (Å²) in [5.74, 6) is 0. The highest BCUT2D eigenvalue weighted by molar-refractivity contribution is 4.85. The van der Waals surface area contributed by atoms with Crippen LogP contribution in [-0.4, -0.2) is 19.4 Å². The summed E-state index contributed by atoms with van der Waals surface area (Å²) < 4.78 is 17.1. The Hall–Kier alpha value is -0.370. The van der Waals surface area contributed by atoms with Crippen molar-refractivity contribution >= 4 is 0 Å². The molecule has 0 fully saturated rings. The first-order valence-electron chi connectivity index (χ1n) is 4.76. The highest BCUT2D eigenvalue weighted by atomic mass is 19.1. The van der Waals surface area contributed by atoms with E-state index < -0.39 is 0 Å². The standard InChI is InChI=1S/C10H17FO/c11-8-9-12-10-6-4-2-1-3-5-7-10/h1-2,10H,3-9H2/b2-1+/t10-/m0/s1. The van der Waals surface area contributed by atoms with Crippen LogP contribution in [0.15, 0.2) is 12.2 Å². The average Bonchev–Trinajstić information content (AvgIpc) is 2.02. The molecule has 1 atom stereocenters. The second-order valence-corrected chi connectivity index (χ2v) is 3.16. The third-order valence-corrected chi connectivity index (χ3v) is 2.15. The van der Waals surface area contributed by atoms with Crippen molar-refractivity contribution in [3.63, 3.8) is 0 Å². The molecule has 0 aliphatic heterocycles. The van der Waals surface area contributed by atoms with Crippen LogP contribution in [-0.2, 0) is 4.74 Å². The number of hydrogen-bond donors (Lipinski definition) is 0. The maximum absolute atomic E-state index is 11.8. The topological polar surface area (TPSA) is 9.23 Å². The molecular weight excluding hydrogens is 155 g/mol. The van der Waals surface area contributed by atoms with E-state index in [2.05, 4.69) is 12.2 Å². The fourth-order valence-corrected chi connectivity index (χ4v) is 1.50. The Balaban J connectivity index is 2.18. The van der Waals surface area contributed by atoms with Crippen molar-refractivity contribution in [1.82, 2.24) is 0 Å². The Morgan fingerprint density at radius 2 is 2.08 bits per heavy atom. The molecule has 0 saturated carbocycles. The van der Waals surface area contributed by atoms with E-state index in [0.29, 0.717) is 6.10 Å². The number of ether oxygens (including phenoxy) is 1. The van der Waals surface area contributed by atoms with Crippen LogP contribution >= 0.6 is 0 Å². The van der Waals surface area contributed by atoms with Gasteiger partial charge < -0.3 is 4.74 Å². The van der Waals surface area contributed by atoms with Crippen LogP contribution < -0.4 is 0 Å². The van der Waals surface area contributed by atoms with Gasteiger partial charge in [-0.25, -0.2) is 4.39 Å². The Bertz CT molecular complexity index is 134. The van der Waals surface area contributed by atoms with Crippen LogP contribution in [0.1, 0.15) is 32.1 Å². The van der Waals surface area contributed by atoms with Crippen LogP contribution in [0.25, 0.3) is 0 Å². The van der Waals surface area contributed by atoms with Crippen molar-refractivity contribution in [3.05, 3.63) is 12.2 Å². The highest BCUT2D eigenvalue weighted by Gasteiger charge is 2.08. The molecule has 0 radical (unpaired) electrons. The predicted molar refractivity (Wildman–Crippen MR) is 47.9 cm³/mol. The monoisotopic (exact) mass is 172 g/mol. The molecule has 0 aromatic rings. The SMILES string of the molecule is FCCO[C@H]1CC/C=C/CCC1. The lowest BCUT2D eigenvalue weighted by Gasteiger charge is -2.17. The van der Waals surface area contributed by atoms with Crippen LogP contribution in [0.2, 0.25) is 0 Å². The number of halogens is 1. The summed E-state index contributed by atoms with van der Waals surface area (Å²) in [6, 6.07) is 0. The van der Waals surface area contributed by atoms with Gasteiger partial charge in [-0.1, -0.05) is 12.2 Å². The Kier molecular flexibility index (Phi) is 5.00. The largest absolute Gasteiger partial charge is 0.375 e. The van der Waals surface area contributed by atoms with Gasteiger partial charge in [0, 0.05) is 0 Å². The van der Waals surface area contributed by atoms with Crippen molar-refractivity contribution in [2.75, 3.05) is 13.3 Å². The fraction of sp³-hybridized carbons (Fsp3) is 0.800. The first kappa shape index (κ1) is 9.72. The van der Waals surface area contributed by atoms with Crippen LogP contribution in [0.4, 0.5) is 4.39 Å². The van der Waals surface area contributed by atoms with Crippen LogP contribution in [0.3, 0.4) is 0 Å². The molecule has 0 amide bonds. The molecule has 0 bridgehead atoms. The third-order valence-electron chi connectivity index (χ3n) is 2.15. The number of rotatable bonds is 3. The first-order valence-corrected chi connectivity index (χ1v) is 4.76. The average molecular weight is 172 g/mol. The van der Waals surface area contributed by atoms with Crippen molar-refractivity contribution in [2.45, 2.75) is 38.2 Å². The van der Waals surface area contributed by atoms with Crippen LogP contribution in [0, 0.1) is 0 Å². The van der Waals surface area contributed by atoms with Gasteiger partial charge in [-0.2, -0.15) is 0 Å². The van der Waals surface area contributed by atoms with Crippen molar-refractivity contribution in [1.29, 1.82) is 0 Å². The molecule has 0 aromatic carbocycles.